The number of hydrogen-bond donors (Lipinski definition) is 1. The van der Waals surface area contributed by atoms with Gasteiger partial charge in [-0.2, -0.15) is 0 Å². The van der Waals surface area contributed by atoms with Crippen LogP contribution in [0.2, 0.25) is 0 Å². The monoisotopic (exact) mass is 260 g/mol. The van der Waals surface area contributed by atoms with E-state index in [-0.39, 0.29) is 0 Å². The molecule has 2 rings (SSSR count). The largest absolute Gasteiger partial charge is 0.314 e. The summed E-state index contributed by atoms with van der Waals surface area (Å²) in [5.41, 5.74) is 2.96. The molecule has 1 saturated heterocycles. The summed E-state index contributed by atoms with van der Waals surface area (Å²) in [7, 11) is 0. The van der Waals surface area contributed by atoms with E-state index in [1.54, 1.807) is 0 Å². The smallest absolute Gasteiger partial charge is 0.0192 e. The quantitative estimate of drug-likeness (QED) is 0.846. The molecular weight excluding hydrogens is 232 g/mol. The van der Waals surface area contributed by atoms with Crippen molar-refractivity contribution in [3.8, 4) is 0 Å². The Labute approximate surface area is 118 Å². The molecule has 1 aliphatic heterocycles. The van der Waals surface area contributed by atoms with Gasteiger partial charge in [0.05, 0.1) is 0 Å². The lowest BCUT2D eigenvalue weighted by Gasteiger charge is -2.33. The zero-order chi connectivity index (χ0) is 13.5. The average Bonchev–Trinajstić information content (AvgIpc) is 2.43. The first-order chi connectivity index (χ1) is 9.29. The van der Waals surface area contributed by atoms with E-state index in [1.165, 1.54) is 49.9 Å². The van der Waals surface area contributed by atoms with Crippen LogP contribution in [-0.2, 0) is 12.8 Å². The van der Waals surface area contributed by atoms with E-state index < -0.39 is 0 Å². The highest BCUT2D eigenvalue weighted by atomic mass is 15.2. The molecule has 1 unspecified atom stereocenters. The van der Waals surface area contributed by atoms with Crippen LogP contribution < -0.4 is 5.32 Å². The molecule has 1 aromatic rings. The number of aryl methyl sites for hydroxylation is 2. The Balaban J connectivity index is 1.72. The molecule has 0 aromatic heterocycles. The molecular formula is C17H28N2. The van der Waals surface area contributed by atoms with Gasteiger partial charge in [0.1, 0.15) is 0 Å². The van der Waals surface area contributed by atoms with Gasteiger partial charge in [-0.15, -0.1) is 0 Å². The summed E-state index contributed by atoms with van der Waals surface area (Å²) in [6.45, 7) is 9.30. The third kappa shape index (κ3) is 4.63. The Morgan fingerprint density at radius 1 is 1.16 bits per heavy atom. The minimum atomic E-state index is 0.695. The van der Waals surface area contributed by atoms with Crippen molar-refractivity contribution in [3.05, 3.63) is 35.4 Å². The number of rotatable bonds is 6. The Kier molecular flexibility index (Phi) is 5.87. The number of benzene rings is 1. The minimum Gasteiger partial charge on any atom is -0.314 e. The third-order valence-corrected chi connectivity index (χ3v) is 4.11. The fourth-order valence-electron chi connectivity index (χ4n) is 2.86. The summed E-state index contributed by atoms with van der Waals surface area (Å²) in [4.78, 5) is 2.61. The maximum atomic E-state index is 3.45. The fraction of sp³-hybridized carbons (Fsp3) is 0.647. The second-order valence-electron chi connectivity index (χ2n) is 5.76. The number of hydrogen-bond acceptors (Lipinski definition) is 2. The van der Waals surface area contributed by atoms with E-state index in [1.807, 2.05) is 0 Å². The van der Waals surface area contributed by atoms with Crippen LogP contribution in [-0.4, -0.2) is 37.1 Å². The highest BCUT2D eigenvalue weighted by Gasteiger charge is 2.16. The van der Waals surface area contributed by atoms with Gasteiger partial charge in [-0.05, 0) is 43.9 Å². The molecule has 19 heavy (non-hydrogen) atoms. The molecule has 0 bridgehead atoms. The zero-order valence-corrected chi connectivity index (χ0v) is 12.5. The van der Waals surface area contributed by atoms with Gasteiger partial charge in [-0.3, -0.25) is 4.90 Å². The van der Waals surface area contributed by atoms with E-state index in [0.717, 1.165) is 13.1 Å². The third-order valence-electron chi connectivity index (χ3n) is 4.11. The molecule has 1 heterocycles. The van der Waals surface area contributed by atoms with E-state index in [9.17, 15) is 0 Å². The average molecular weight is 260 g/mol. The summed E-state index contributed by atoms with van der Waals surface area (Å²) >= 11 is 0. The van der Waals surface area contributed by atoms with Crippen molar-refractivity contribution in [1.29, 1.82) is 0 Å². The van der Waals surface area contributed by atoms with Crippen LogP contribution in [0.15, 0.2) is 24.3 Å². The summed E-state index contributed by atoms with van der Waals surface area (Å²) in [6, 6.07) is 9.91. The maximum absolute atomic E-state index is 3.45. The van der Waals surface area contributed by atoms with E-state index in [2.05, 4.69) is 48.3 Å². The van der Waals surface area contributed by atoms with Gasteiger partial charge in [0.25, 0.3) is 0 Å². The van der Waals surface area contributed by atoms with Crippen LogP contribution in [0.3, 0.4) is 0 Å². The van der Waals surface area contributed by atoms with E-state index in [0.29, 0.717) is 6.04 Å². The van der Waals surface area contributed by atoms with Crippen molar-refractivity contribution in [1.82, 2.24) is 10.2 Å². The summed E-state index contributed by atoms with van der Waals surface area (Å²) in [5.74, 6) is 0. The SMILES string of the molecule is CCCc1ccc(CCCN2CCNCC2C)cc1. The van der Waals surface area contributed by atoms with Crippen molar-refractivity contribution >= 4 is 0 Å². The normalized spacial score (nSPS) is 20.6. The number of piperazine rings is 1. The molecule has 0 saturated carbocycles. The lowest BCUT2D eigenvalue weighted by molar-refractivity contribution is 0.172. The van der Waals surface area contributed by atoms with Crippen LogP contribution >= 0.6 is 0 Å². The van der Waals surface area contributed by atoms with Gasteiger partial charge in [0.15, 0.2) is 0 Å². The molecule has 0 radical (unpaired) electrons. The van der Waals surface area contributed by atoms with Crippen molar-refractivity contribution in [2.45, 2.75) is 45.6 Å². The van der Waals surface area contributed by atoms with Gasteiger partial charge in [-0.1, -0.05) is 37.6 Å². The molecule has 1 atom stereocenters. The first-order valence-electron chi connectivity index (χ1n) is 7.82. The molecule has 1 N–H and O–H groups in total. The molecule has 2 heteroatoms. The lowest BCUT2D eigenvalue weighted by Crippen LogP contribution is -2.49. The van der Waals surface area contributed by atoms with Crippen molar-refractivity contribution in [2.75, 3.05) is 26.2 Å². The first-order valence-corrected chi connectivity index (χ1v) is 7.82. The Morgan fingerprint density at radius 2 is 1.84 bits per heavy atom. The molecule has 1 fully saturated rings. The Morgan fingerprint density at radius 3 is 2.47 bits per heavy atom. The second-order valence-corrected chi connectivity index (χ2v) is 5.76. The van der Waals surface area contributed by atoms with E-state index >= 15 is 0 Å². The van der Waals surface area contributed by atoms with Crippen molar-refractivity contribution < 1.29 is 0 Å². The van der Waals surface area contributed by atoms with Crippen LogP contribution in [0.5, 0.6) is 0 Å². The van der Waals surface area contributed by atoms with Gasteiger partial charge in [0.2, 0.25) is 0 Å². The van der Waals surface area contributed by atoms with Gasteiger partial charge in [0, 0.05) is 25.7 Å². The van der Waals surface area contributed by atoms with E-state index in [4.69, 9.17) is 0 Å². The highest BCUT2D eigenvalue weighted by Crippen LogP contribution is 2.10. The predicted molar refractivity (Wildman–Crippen MR) is 82.7 cm³/mol. The summed E-state index contributed by atoms with van der Waals surface area (Å²) < 4.78 is 0. The summed E-state index contributed by atoms with van der Waals surface area (Å²) in [5, 5.41) is 3.45. The fourth-order valence-corrected chi connectivity index (χ4v) is 2.86. The molecule has 0 amide bonds. The second kappa shape index (κ2) is 7.66. The van der Waals surface area contributed by atoms with Crippen molar-refractivity contribution in [3.63, 3.8) is 0 Å². The van der Waals surface area contributed by atoms with Crippen LogP contribution in [0.25, 0.3) is 0 Å². The van der Waals surface area contributed by atoms with Gasteiger partial charge >= 0.3 is 0 Å². The number of nitrogens with zero attached hydrogens (tertiary/aromatic N) is 1. The first kappa shape index (κ1) is 14.5. The molecule has 106 valence electrons. The maximum Gasteiger partial charge on any atom is 0.0192 e. The van der Waals surface area contributed by atoms with Crippen LogP contribution in [0, 0.1) is 0 Å². The van der Waals surface area contributed by atoms with Gasteiger partial charge in [-0.25, -0.2) is 0 Å². The minimum absolute atomic E-state index is 0.695. The molecule has 2 nitrogen and oxygen atoms in total. The predicted octanol–water partition coefficient (Wildman–Crippen LogP) is 2.87. The molecule has 0 spiro atoms. The lowest BCUT2D eigenvalue weighted by atomic mass is 10.0. The van der Waals surface area contributed by atoms with Gasteiger partial charge < -0.3 is 5.32 Å². The van der Waals surface area contributed by atoms with Crippen molar-refractivity contribution in [2.24, 2.45) is 0 Å². The molecule has 1 aromatic carbocycles. The molecule has 1 aliphatic rings. The molecule has 0 aliphatic carbocycles. The highest BCUT2D eigenvalue weighted by molar-refractivity contribution is 5.22. The standard InChI is InChI=1S/C17H28N2/c1-3-5-16-7-9-17(10-8-16)6-4-12-19-13-11-18-14-15(19)2/h7-10,15,18H,3-6,11-14H2,1-2H3. The number of nitrogens with one attached hydrogen (secondary N) is 1. The Hall–Kier alpha value is -0.860. The zero-order valence-electron chi connectivity index (χ0n) is 12.5. The Bertz CT molecular complexity index is 358. The van der Waals surface area contributed by atoms with Crippen LogP contribution in [0.4, 0.5) is 0 Å². The summed E-state index contributed by atoms with van der Waals surface area (Å²) in [6.07, 6.45) is 4.93. The van der Waals surface area contributed by atoms with Crippen LogP contribution in [0.1, 0.15) is 37.8 Å². The topological polar surface area (TPSA) is 15.3 Å².